The first-order valence-electron chi connectivity index (χ1n) is 10.8. The van der Waals surface area contributed by atoms with Crippen LogP contribution in [0.1, 0.15) is 52.1 Å². The first kappa shape index (κ1) is 20.9. The van der Waals surface area contributed by atoms with Crippen molar-refractivity contribution in [3.8, 4) is 11.1 Å². The van der Waals surface area contributed by atoms with Crippen molar-refractivity contribution in [2.75, 3.05) is 5.32 Å². The second-order valence-corrected chi connectivity index (χ2v) is 8.32. The normalized spacial score (nSPS) is 16.0. The largest absolute Gasteiger partial charge is 0.481 e. The van der Waals surface area contributed by atoms with Crippen LogP contribution >= 0.6 is 0 Å². The van der Waals surface area contributed by atoms with E-state index in [1.165, 1.54) is 12.1 Å². The number of benzene rings is 2. The van der Waals surface area contributed by atoms with E-state index in [9.17, 15) is 18.8 Å². The number of hydrogen-bond acceptors (Lipinski definition) is 3. The molecule has 5 rings (SSSR count). The molecule has 6 nitrogen and oxygen atoms in total. The number of fused-ring (bicyclic) bond motifs is 2. The number of carboxylic acids is 1. The Morgan fingerprint density at radius 2 is 1.82 bits per heavy atom. The Labute approximate surface area is 189 Å². The highest BCUT2D eigenvalue weighted by Crippen LogP contribution is 2.38. The monoisotopic (exact) mass is 444 g/mol. The first-order chi connectivity index (χ1) is 15.9. The van der Waals surface area contributed by atoms with Gasteiger partial charge in [0.05, 0.1) is 5.57 Å². The molecule has 166 valence electrons. The van der Waals surface area contributed by atoms with Crippen molar-refractivity contribution in [2.45, 2.75) is 32.1 Å². The minimum absolute atomic E-state index is 0.0118. The lowest BCUT2D eigenvalue weighted by Gasteiger charge is -2.11. The molecular formula is C26H21FN2O4. The summed E-state index contributed by atoms with van der Waals surface area (Å²) in [6.45, 7) is 0. The number of carbonyl (C=O) groups is 3. The van der Waals surface area contributed by atoms with Gasteiger partial charge in [-0.3, -0.25) is 14.4 Å². The number of aromatic amines is 1. The molecule has 0 spiro atoms. The standard InChI is InChI=1S/C26H21FN2O4/c27-16-7-4-14(5-8-16)15-6-9-17-19(26(33)29-21(17)12-15)13-22-18(10-11-24(31)32)25-20(28-22)2-1-3-23(25)30/h4-9,12-13,28H,1-3,10-11H2,(H,29,33)(H,31,32)/b19-13-. The molecular weight excluding hydrogens is 423 g/mol. The van der Waals surface area contributed by atoms with Gasteiger partial charge in [-0.1, -0.05) is 24.3 Å². The van der Waals surface area contributed by atoms with Gasteiger partial charge in [-0.15, -0.1) is 0 Å². The van der Waals surface area contributed by atoms with Gasteiger partial charge < -0.3 is 15.4 Å². The number of Topliss-reactive ketones (excluding diaryl/α,β-unsaturated/α-hetero) is 1. The van der Waals surface area contributed by atoms with Crippen molar-refractivity contribution >= 4 is 35.0 Å². The van der Waals surface area contributed by atoms with E-state index in [4.69, 9.17) is 5.11 Å². The lowest BCUT2D eigenvalue weighted by molar-refractivity contribution is -0.137. The fraction of sp³-hybridized carbons (Fsp3) is 0.192. The summed E-state index contributed by atoms with van der Waals surface area (Å²) >= 11 is 0. The van der Waals surface area contributed by atoms with Crippen LogP contribution in [0.5, 0.6) is 0 Å². The molecule has 2 aromatic carbocycles. The third-order valence-electron chi connectivity index (χ3n) is 6.18. The van der Waals surface area contributed by atoms with E-state index in [1.807, 2.05) is 18.2 Å². The van der Waals surface area contributed by atoms with Crippen LogP contribution in [0.4, 0.5) is 10.1 Å². The molecule has 1 amide bonds. The summed E-state index contributed by atoms with van der Waals surface area (Å²) in [5.41, 5.74) is 6.14. The zero-order valence-electron chi connectivity index (χ0n) is 17.7. The molecule has 1 aromatic heterocycles. The number of amides is 1. The molecule has 33 heavy (non-hydrogen) atoms. The number of H-pyrrole nitrogens is 1. The zero-order valence-corrected chi connectivity index (χ0v) is 17.7. The molecule has 2 aliphatic rings. The number of aryl methyl sites for hydroxylation is 1. The van der Waals surface area contributed by atoms with E-state index >= 15 is 0 Å². The van der Waals surface area contributed by atoms with E-state index in [0.717, 1.165) is 23.2 Å². The maximum atomic E-state index is 13.3. The zero-order chi connectivity index (χ0) is 23.1. The van der Waals surface area contributed by atoms with Crippen LogP contribution in [0.2, 0.25) is 0 Å². The summed E-state index contributed by atoms with van der Waals surface area (Å²) in [6, 6.07) is 11.7. The van der Waals surface area contributed by atoms with Gasteiger partial charge in [0.15, 0.2) is 5.78 Å². The molecule has 0 bridgehead atoms. The molecule has 3 aromatic rings. The quantitative estimate of drug-likeness (QED) is 0.490. The molecule has 0 saturated heterocycles. The van der Waals surface area contributed by atoms with Crippen molar-refractivity contribution in [3.05, 3.63) is 76.4 Å². The minimum Gasteiger partial charge on any atom is -0.481 e. The summed E-state index contributed by atoms with van der Waals surface area (Å²) in [7, 11) is 0. The van der Waals surface area contributed by atoms with Crippen molar-refractivity contribution in [1.29, 1.82) is 0 Å². The molecule has 0 atom stereocenters. The average molecular weight is 444 g/mol. The van der Waals surface area contributed by atoms with Gasteiger partial charge in [-0.2, -0.15) is 0 Å². The maximum Gasteiger partial charge on any atom is 0.303 e. The van der Waals surface area contributed by atoms with E-state index in [-0.39, 0.29) is 30.3 Å². The van der Waals surface area contributed by atoms with Crippen molar-refractivity contribution in [3.63, 3.8) is 0 Å². The highest BCUT2D eigenvalue weighted by Gasteiger charge is 2.29. The number of halogens is 1. The molecule has 2 heterocycles. The Hall–Kier alpha value is -4.00. The van der Waals surface area contributed by atoms with Gasteiger partial charge in [0.1, 0.15) is 5.82 Å². The van der Waals surface area contributed by atoms with Crippen LogP contribution in [-0.2, 0) is 22.4 Å². The Kier molecular flexibility index (Phi) is 5.17. The van der Waals surface area contributed by atoms with Gasteiger partial charge >= 0.3 is 5.97 Å². The number of carbonyl (C=O) groups excluding carboxylic acids is 2. The molecule has 3 N–H and O–H groups in total. The Bertz CT molecular complexity index is 1340. The minimum atomic E-state index is -0.941. The number of anilines is 1. The number of aromatic nitrogens is 1. The van der Waals surface area contributed by atoms with Crippen molar-refractivity contribution < 1.29 is 23.9 Å². The summed E-state index contributed by atoms with van der Waals surface area (Å²) in [5.74, 6) is -1.52. The van der Waals surface area contributed by atoms with Crippen LogP contribution in [0.15, 0.2) is 42.5 Å². The summed E-state index contributed by atoms with van der Waals surface area (Å²) in [4.78, 5) is 39.8. The van der Waals surface area contributed by atoms with Crippen LogP contribution in [0.25, 0.3) is 22.8 Å². The van der Waals surface area contributed by atoms with E-state index in [1.54, 1.807) is 18.2 Å². The van der Waals surface area contributed by atoms with Crippen LogP contribution in [0.3, 0.4) is 0 Å². The Morgan fingerprint density at radius 3 is 2.58 bits per heavy atom. The number of nitrogens with one attached hydrogen (secondary N) is 2. The topological polar surface area (TPSA) is 99.3 Å². The van der Waals surface area contributed by atoms with E-state index < -0.39 is 5.97 Å². The lowest BCUT2D eigenvalue weighted by Crippen LogP contribution is -2.11. The number of hydrogen-bond donors (Lipinski definition) is 3. The molecule has 1 aliphatic carbocycles. The predicted octanol–water partition coefficient (Wildman–Crippen LogP) is 4.85. The highest BCUT2D eigenvalue weighted by atomic mass is 19.1. The van der Waals surface area contributed by atoms with Crippen LogP contribution in [-0.4, -0.2) is 27.8 Å². The molecule has 0 unspecified atom stereocenters. The molecule has 0 radical (unpaired) electrons. The van der Waals surface area contributed by atoms with Gasteiger partial charge in [-0.05, 0) is 60.2 Å². The fourth-order valence-electron chi connectivity index (χ4n) is 4.61. The van der Waals surface area contributed by atoms with Crippen LogP contribution in [0, 0.1) is 5.82 Å². The van der Waals surface area contributed by atoms with Gasteiger partial charge in [0.2, 0.25) is 0 Å². The smallest absolute Gasteiger partial charge is 0.303 e. The summed E-state index contributed by atoms with van der Waals surface area (Å²) < 4.78 is 13.3. The molecule has 0 saturated carbocycles. The maximum absolute atomic E-state index is 13.3. The van der Waals surface area contributed by atoms with E-state index in [2.05, 4.69) is 10.3 Å². The SMILES string of the molecule is O=C(O)CCc1c(/C=C2\C(=O)Nc3cc(-c4ccc(F)cc4)ccc32)[nH]c2c1C(=O)CCC2. The number of rotatable bonds is 5. The number of aliphatic carboxylic acids is 1. The lowest BCUT2D eigenvalue weighted by atomic mass is 9.91. The highest BCUT2D eigenvalue weighted by molar-refractivity contribution is 6.35. The second-order valence-electron chi connectivity index (χ2n) is 8.32. The summed E-state index contributed by atoms with van der Waals surface area (Å²) in [5, 5.41) is 12.0. The van der Waals surface area contributed by atoms with Crippen molar-refractivity contribution in [2.24, 2.45) is 0 Å². The third-order valence-corrected chi connectivity index (χ3v) is 6.18. The van der Waals surface area contributed by atoms with Gasteiger partial charge in [0, 0.05) is 41.0 Å². The van der Waals surface area contributed by atoms with Crippen molar-refractivity contribution in [1.82, 2.24) is 4.98 Å². The average Bonchev–Trinajstić information content (AvgIpc) is 3.30. The fourth-order valence-corrected chi connectivity index (χ4v) is 4.61. The third kappa shape index (κ3) is 3.86. The summed E-state index contributed by atoms with van der Waals surface area (Å²) in [6.07, 6.45) is 3.73. The van der Waals surface area contributed by atoms with Crippen LogP contribution < -0.4 is 5.32 Å². The first-order valence-corrected chi connectivity index (χ1v) is 10.8. The molecule has 7 heteroatoms. The number of ketones is 1. The van der Waals surface area contributed by atoms with E-state index in [0.29, 0.717) is 46.5 Å². The Balaban J connectivity index is 1.56. The predicted molar refractivity (Wildman–Crippen MR) is 122 cm³/mol. The number of carboxylic acid groups (broad SMARTS) is 1. The molecule has 0 fully saturated rings. The van der Waals surface area contributed by atoms with Gasteiger partial charge in [-0.25, -0.2) is 4.39 Å². The second kappa shape index (κ2) is 8.16. The molecule has 1 aliphatic heterocycles. The van der Waals surface area contributed by atoms with Gasteiger partial charge in [0.25, 0.3) is 5.91 Å². The Morgan fingerprint density at radius 1 is 1.06 bits per heavy atom.